The van der Waals surface area contributed by atoms with Crippen LogP contribution in [0.25, 0.3) is 21.3 Å². The van der Waals surface area contributed by atoms with Crippen molar-refractivity contribution >= 4 is 40.0 Å². The van der Waals surface area contributed by atoms with E-state index in [4.69, 9.17) is 14.2 Å². The van der Waals surface area contributed by atoms with Crippen molar-refractivity contribution < 1.29 is 46.9 Å². The van der Waals surface area contributed by atoms with Gasteiger partial charge in [-0.25, -0.2) is 18.2 Å². The summed E-state index contributed by atoms with van der Waals surface area (Å²) >= 11 is 1.57. The number of H-pyrrole nitrogens is 1. The zero-order valence-corrected chi connectivity index (χ0v) is 42.7. The number of amides is 3. The minimum absolute atomic E-state index is 0.00741. The summed E-state index contributed by atoms with van der Waals surface area (Å²) in [5.74, 6) is -2.75. The molecule has 4 N–H and O–H groups in total. The highest BCUT2D eigenvalue weighted by atomic mass is 32.1. The monoisotopic (exact) mass is 1000 g/mol. The minimum atomic E-state index is -1.60. The molecule has 1 fully saturated rings. The first-order valence-corrected chi connectivity index (χ1v) is 25.5. The van der Waals surface area contributed by atoms with Gasteiger partial charge in [0.25, 0.3) is 0 Å². The van der Waals surface area contributed by atoms with Gasteiger partial charge in [0.2, 0.25) is 17.7 Å². The van der Waals surface area contributed by atoms with Crippen molar-refractivity contribution in [2.24, 2.45) is 5.41 Å². The van der Waals surface area contributed by atoms with Gasteiger partial charge in [0.15, 0.2) is 0 Å². The fraction of sp³-hybridized carbons (Fsp3) is 0.519. The molecule has 0 radical (unpaired) electrons. The number of hydrogen-bond acceptors (Lipinski definition) is 10. The number of hydrogen-bond donors (Lipinski definition) is 4. The number of likely N-dealkylation sites (tertiary alicyclic amines) is 1. The Kier molecular flexibility index (Phi) is 17.7. The van der Waals surface area contributed by atoms with Gasteiger partial charge in [0, 0.05) is 92.6 Å². The molecule has 1 saturated heterocycles. The number of unbranched alkanes of at least 4 members (excludes halogenated alkanes) is 2. The number of aromatic amines is 1. The number of rotatable bonds is 22. The molecule has 13 nitrogen and oxygen atoms in total. The number of carbonyl (C=O) groups is 3. The number of alkyl halides is 1. The molecule has 0 spiro atoms. The number of aliphatic hydroxyl groups is 1. The van der Waals surface area contributed by atoms with E-state index < -0.39 is 58.8 Å². The van der Waals surface area contributed by atoms with E-state index in [2.05, 4.69) is 20.6 Å². The Balaban J connectivity index is 0.792. The molecule has 17 heteroatoms. The second-order valence-electron chi connectivity index (χ2n) is 20.6. The number of fused-ring (bicyclic) bond motifs is 3. The van der Waals surface area contributed by atoms with Gasteiger partial charge in [-0.05, 0) is 81.5 Å². The zero-order valence-electron chi connectivity index (χ0n) is 41.9. The van der Waals surface area contributed by atoms with Crippen LogP contribution < -0.4 is 15.4 Å². The molecule has 5 aromatic rings. The maximum atomic E-state index is 16.0. The van der Waals surface area contributed by atoms with Crippen molar-refractivity contribution in [2.75, 3.05) is 46.1 Å². The van der Waals surface area contributed by atoms with E-state index in [1.54, 1.807) is 16.8 Å². The Hall–Kier alpha value is -5.33. The highest BCUT2D eigenvalue weighted by Gasteiger charge is 2.45. The van der Waals surface area contributed by atoms with Gasteiger partial charge >= 0.3 is 0 Å². The lowest BCUT2D eigenvalue weighted by Crippen LogP contribution is -2.58. The van der Waals surface area contributed by atoms with Crippen LogP contribution in [0.1, 0.15) is 108 Å². The van der Waals surface area contributed by atoms with E-state index in [-0.39, 0.29) is 62.5 Å². The number of para-hydroxylation sites is 1. The Morgan fingerprint density at radius 2 is 1.63 bits per heavy atom. The van der Waals surface area contributed by atoms with Gasteiger partial charge in [-0.3, -0.25) is 19.3 Å². The quantitative estimate of drug-likeness (QED) is 0.0498. The maximum Gasteiger partial charge on any atom is 0.246 e. The standard InChI is InChI=1S/C54H69F3N6O7S/c1-33-24-40-39-14-9-10-15-43(39)60-47(40)48(63(33)31-54(6,7)57)46-41(55)26-38(27-42(46)56)70-23-13-22-68-20-11-8-12-21-69-30-45(65)61-50(53(3,4)5)52(67)62-29-37(64)25-44(62)51(66)58-28-35-16-18-36(19-17-35)49-34(2)59-32-71-49/h9-10,14-19,26-27,32-33,37,44,48,50,60,64H,8,11-13,20-25,28-31H2,1-7H3,(H,58,66)(H,61,65)/t33-,37-,44+,48-,50?/m1/s1. The van der Waals surface area contributed by atoms with E-state index >= 15 is 13.2 Å². The summed E-state index contributed by atoms with van der Waals surface area (Å²) in [5.41, 5.74) is 4.77. The molecular formula is C54H69F3N6O7S. The molecule has 4 heterocycles. The number of β-amino-alcohol motifs (C(OH)–C–C–N with tert-alkyl or cyclic N) is 1. The fourth-order valence-electron chi connectivity index (χ4n) is 9.59. The number of thiazole rings is 1. The average molecular weight is 1000 g/mol. The highest BCUT2D eigenvalue weighted by molar-refractivity contribution is 7.13. The summed E-state index contributed by atoms with van der Waals surface area (Å²) < 4.78 is 64.3. The third kappa shape index (κ3) is 13.6. The molecule has 2 aliphatic rings. The molecule has 71 heavy (non-hydrogen) atoms. The molecule has 1 unspecified atom stereocenters. The summed E-state index contributed by atoms with van der Waals surface area (Å²) in [6.07, 6.45) is 2.53. The van der Waals surface area contributed by atoms with Crippen LogP contribution in [-0.4, -0.2) is 119 Å². The number of benzene rings is 3. The smallest absolute Gasteiger partial charge is 0.246 e. The van der Waals surface area contributed by atoms with Crippen LogP contribution in [0.3, 0.4) is 0 Å². The fourth-order valence-corrected chi connectivity index (χ4v) is 10.4. The number of aromatic nitrogens is 2. The molecular weight excluding hydrogens is 934 g/mol. The number of aryl methyl sites for hydroxylation is 1. The lowest BCUT2D eigenvalue weighted by atomic mass is 9.85. The van der Waals surface area contributed by atoms with Gasteiger partial charge in [0.05, 0.1) is 34.8 Å². The Bertz CT molecular complexity index is 2590. The third-order valence-electron chi connectivity index (χ3n) is 13.1. The van der Waals surface area contributed by atoms with E-state index in [0.29, 0.717) is 44.8 Å². The number of nitrogens with one attached hydrogen (secondary N) is 3. The Morgan fingerprint density at radius 1 is 0.944 bits per heavy atom. The second kappa shape index (κ2) is 23.5. The summed E-state index contributed by atoms with van der Waals surface area (Å²) in [6.45, 7) is 13.7. The van der Waals surface area contributed by atoms with Crippen LogP contribution >= 0.6 is 11.3 Å². The SMILES string of the molecule is Cc1ncsc1-c1ccc(CNC(=O)[C@@H]2C[C@@H](O)CN2C(=O)C(NC(=O)COCCCCCOCCCOc2cc(F)c([C@@H]3c4[nH]c5ccccc5c4C[C@@H](C)N3CC(C)(C)F)c(F)c2)C(C)(C)C)cc1. The maximum absolute atomic E-state index is 16.0. The number of carbonyl (C=O) groups excluding carboxylic acids is 3. The van der Waals surface area contributed by atoms with Gasteiger partial charge in [-0.15, -0.1) is 11.3 Å². The first kappa shape index (κ1) is 53.5. The van der Waals surface area contributed by atoms with Crippen LogP contribution in [0.5, 0.6) is 5.75 Å². The number of aliphatic hydroxyl groups excluding tert-OH is 1. The van der Waals surface area contributed by atoms with Gasteiger partial charge in [0.1, 0.15) is 41.7 Å². The number of ether oxygens (including phenoxy) is 3. The topological polar surface area (TPSA) is 158 Å². The lowest BCUT2D eigenvalue weighted by molar-refractivity contribution is -0.144. The Labute approximate surface area is 418 Å². The van der Waals surface area contributed by atoms with E-state index in [1.165, 1.54) is 30.9 Å². The zero-order chi connectivity index (χ0) is 51.0. The average Bonchev–Trinajstić information content (AvgIpc) is 4.03. The van der Waals surface area contributed by atoms with Crippen molar-refractivity contribution in [1.29, 1.82) is 0 Å². The predicted octanol–water partition coefficient (Wildman–Crippen LogP) is 8.74. The molecule has 0 aliphatic carbocycles. The molecule has 0 bridgehead atoms. The van der Waals surface area contributed by atoms with Crippen LogP contribution in [0, 0.1) is 24.0 Å². The van der Waals surface area contributed by atoms with E-state index in [0.717, 1.165) is 51.0 Å². The lowest BCUT2D eigenvalue weighted by Gasteiger charge is -2.43. The molecule has 7 rings (SSSR count). The molecule has 2 aliphatic heterocycles. The van der Waals surface area contributed by atoms with Crippen LogP contribution in [0.4, 0.5) is 13.2 Å². The summed E-state index contributed by atoms with van der Waals surface area (Å²) in [4.78, 5) is 52.5. The van der Waals surface area contributed by atoms with Crippen molar-refractivity contribution in [2.45, 2.75) is 129 Å². The summed E-state index contributed by atoms with van der Waals surface area (Å²) in [5, 5.41) is 17.3. The largest absolute Gasteiger partial charge is 0.493 e. The van der Waals surface area contributed by atoms with Gasteiger partial charge in [-0.2, -0.15) is 0 Å². The molecule has 0 saturated carbocycles. The first-order chi connectivity index (χ1) is 33.8. The summed E-state index contributed by atoms with van der Waals surface area (Å²) in [7, 11) is 0. The predicted molar refractivity (Wildman–Crippen MR) is 269 cm³/mol. The molecule has 2 aromatic heterocycles. The second-order valence-corrected chi connectivity index (χ2v) is 21.4. The Morgan fingerprint density at radius 3 is 2.31 bits per heavy atom. The van der Waals surface area contributed by atoms with Crippen molar-refractivity contribution in [1.82, 2.24) is 30.4 Å². The minimum Gasteiger partial charge on any atom is -0.493 e. The van der Waals surface area contributed by atoms with E-state index in [1.807, 2.05) is 88.0 Å². The van der Waals surface area contributed by atoms with Crippen molar-refractivity contribution in [3.63, 3.8) is 0 Å². The molecule has 5 atom stereocenters. The van der Waals surface area contributed by atoms with Gasteiger partial charge in [-0.1, -0.05) is 63.2 Å². The normalized spacial score (nSPS) is 18.9. The van der Waals surface area contributed by atoms with Gasteiger partial charge < -0.3 is 39.8 Å². The van der Waals surface area contributed by atoms with Crippen LogP contribution in [0.15, 0.2) is 66.2 Å². The molecule has 3 aromatic carbocycles. The first-order valence-electron chi connectivity index (χ1n) is 24.7. The van der Waals surface area contributed by atoms with Crippen molar-refractivity contribution in [3.8, 4) is 16.2 Å². The molecule has 384 valence electrons. The third-order valence-corrected chi connectivity index (χ3v) is 14.1. The molecule has 3 amide bonds. The number of nitrogens with zero attached hydrogens (tertiary/aromatic N) is 3. The number of halogens is 3. The summed E-state index contributed by atoms with van der Waals surface area (Å²) in [6, 6.07) is 15.1. The van der Waals surface area contributed by atoms with Crippen LogP contribution in [0.2, 0.25) is 0 Å². The van der Waals surface area contributed by atoms with Crippen LogP contribution in [-0.2, 0) is 36.8 Å². The van der Waals surface area contributed by atoms with Crippen molar-refractivity contribution in [3.05, 3.63) is 106 Å². The van der Waals surface area contributed by atoms with E-state index in [9.17, 15) is 19.5 Å². The highest BCUT2D eigenvalue weighted by Crippen LogP contribution is 2.44.